The Kier molecular flexibility index (Phi) is 4.12. The van der Waals surface area contributed by atoms with Gasteiger partial charge in [-0.3, -0.25) is 4.79 Å². The predicted molar refractivity (Wildman–Crippen MR) is 62.1 cm³/mol. The quantitative estimate of drug-likeness (QED) is 0.442. The molecular formula is C12H17N3O. The van der Waals surface area contributed by atoms with Gasteiger partial charge >= 0.3 is 0 Å². The molecule has 1 aliphatic heterocycles. The number of likely N-dealkylation sites (tertiary alicyclic amines) is 1. The molecule has 0 spiro atoms. The Morgan fingerprint density at radius 3 is 2.38 bits per heavy atom. The number of amides is 1. The summed E-state index contributed by atoms with van der Waals surface area (Å²) in [5.74, 6) is -0.662. The number of nitriles is 1. The van der Waals surface area contributed by atoms with Gasteiger partial charge in [0.15, 0.2) is 0 Å². The topological polar surface area (TPSA) is 70.1 Å². The number of carbonyl (C=O) groups excluding carboxylic acids is 1. The van der Waals surface area contributed by atoms with Crippen LogP contribution in [0.25, 0.3) is 0 Å². The lowest BCUT2D eigenvalue weighted by atomic mass is 10.1. The summed E-state index contributed by atoms with van der Waals surface area (Å²) in [5.41, 5.74) is 6.88. The number of carbonyl (C=O) groups is 1. The van der Waals surface area contributed by atoms with Crippen LogP contribution in [0.1, 0.15) is 26.7 Å². The maximum absolute atomic E-state index is 11.0. The summed E-state index contributed by atoms with van der Waals surface area (Å²) in [6, 6.07) is 1.84. The van der Waals surface area contributed by atoms with Crippen LogP contribution >= 0.6 is 0 Å². The maximum atomic E-state index is 11.0. The summed E-state index contributed by atoms with van der Waals surface area (Å²) in [6.07, 6.45) is 4.26. The van der Waals surface area contributed by atoms with Crippen molar-refractivity contribution in [3.8, 4) is 6.07 Å². The van der Waals surface area contributed by atoms with Crippen LogP contribution < -0.4 is 5.73 Å². The van der Waals surface area contributed by atoms with Crippen molar-refractivity contribution in [1.82, 2.24) is 4.90 Å². The Morgan fingerprint density at radius 1 is 1.38 bits per heavy atom. The number of primary amides is 1. The van der Waals surface area contributed by atoms with Crippen LogP contribution in [0.2, 0.25) is 0 Å². The molecule has 1 amide bonds. The van der Waals surface area contributed by atoms with E-state index < -0.39 is 5.91 Å². The number of nitrogens with two attached hydrogens (primary N) is 1. The minimum absolute atomic E-state index is 0.0403. The first-order valence-electron chi connectivity index (χ1n) is 5.40. The van der Waals surface area contributed by atoms with Crippen LogP contribution in [-0.2, 0) is 4.79 Å². The molecule has 4 heteroatoms. The van der Waals surface area contributed by atoms with Gasteiger partial charge in [0.25, 0.3) is 5.91 Å². The molecule has 0 aliphatic carbocycles. The van der Waals surface area contributed by atoms with Gasteiger partial charge in [-0.05, 0) is 38.3 Å². The molecule has 0 radical (unpaired) electrons. The van der Waals surface area contributed by atoms with Crippen LogP contribution in [0.3, 0.4) is 0 Å². The zero-order chi connectivity index (χ0) is 12.1. The Hall–Kier alpha value is -1.76. The second-order valence-corrected chi connectivity index (χ2v) is 4.01. The highest BCUT2D eigenvalue weighted by Crippen LogP contribution is 2.16. The SMILES string of the molecule is C/C(=C\C(C)=C(/C#N)C(N)=O)N1CCCC1. The van der Waals surface area contributed by atoms with Crippen molar-refractivity contribution >= 4 is 5.91 Å². The minimum atomic E-state index is -0.662. The van der Waals surface area contributed by atoms with E-state index in [0.29, 0.717) is 5.57 Å². The van der Waals surface area contributed by atoms with Crippen molar-refractivity contribution in [1.29, 1.82) is 5.26 Å². The highest BCUT2D eigenvalue weighted by Gasteiger charge is 2.12. The number of hydrogen-bond donors (Lipinski definition) is 1. The third-order valence-corrected chi connectivity index (χ3v) is 2.78. The third kappa shape index (κ3) is 2.86. The molecule has 0 atom stereocenters. The van der Waals surface area contributed by atoms with Gasteiger partial charge in [-0.1, -0.05) is 0 Å². The average Bonchev–Trinajstić information content (AvgIpc) is 2.70. The van der Waals surface area contributed by atoms with Gasteiger partial charge in [-0.25, -0.2) is 0 Å². The van der Waals surface area contributed by atoms with E-state index in [9.17, 15) is 4.79 Å². The molecule has 1 fully saturated rings. The molecule has 86 valence electrons. The summed E-state index contributed by atoms with van der Waals surface area (Å²) in [7, 11) is 0. The molecule has 1 rings (SSSR count). The standard InChI is InChI=1S/C12H17N3O/c1-9(11(8-13)12(14)16)7-10(2)15-5-3-4-6-15/h7H,3-6H2,1-2H3,(H2,14,16)/b10-7+,11-9+. The van der Waals surface area contributed by atoms with Crippen LogP contribution in [0.5, 0.6) is 0 Å². The van der Waals surface area contributed by atoms with E-state index in [1.807, 2.05) is 19.1 Å². The van der Waals surface area contributed by atoms with Crippen molar-refractivity contribution in [2.24, 2.45) is 5.73 Å². The molecule has 0 aromatic heterocycles. The monoisotopic (exact) mass is 219 g/mol. The number of rotatable bonds is 3. The zero-order valence-electron chi connectivity index (χ0n) is 9.79. The highest BCUT2D eigenvalue weighted by molar-refractivity contribution is 5.97. The van der Waals surface area contributed by atoms with Crippen molar-refractivity contribution in [3.05, 3.63) is 22.9 Å². The predicted octanol–water partition coefficient (Wildman–Crippen LogP) is 1.31. The molecular weight excluding hydrogens is 202 g/mol. The van der Waals surface area contributed by atoms with Gasteiger partial charge in [0.1, 0.15) is 11.6 Å². The van der Waals surface area contributed by atoms with Crippen molar-refractivity contribution < 1.29 is 4.79 Å². The summed E-state index contributed by atoms with van der Waals surface area (Å²) >= 11 is 0. The number of hydrogen-bond acceptors (Lipinski definition) is 3. The fraction of sp³-hybridized carbons (Fsp3) is 0.500. The Labute approximate surface area is 96.0 Å². The highest BCUT2D eigenvalue weighted by atomic mass is 16.1. The Morgan fingerprint density at radius 2 is 1.94 bits per heavy atom. The largest absolute Gasteiger partial charge is 0.375 e. The fourth-order valence-electron chi connectivity index (χ4n) is 1.88. The molecule has 2 N–H and O–H groups in total. The van der Waals surface area contributed by atoms with Gasteiger partial charge < -0.3 is 10.6 Å². The summed E-state index contributed by atoms with van der Waals surface area (Å²) < 4.78 is 0. The number of allylic oxidation sites excluding steroid dienone is 3. The zero-order valence-corrected chi connectivity index (χ0v) is 9.79. The maximum Gasteiger partial charge on any atom is 0.259 e. The molecule has 16 heavy (non-hydrogen) atoms. The molecule has 1 saturated heterocycles. The van der Waals surface area contributed by atoms with Crippen molar-refractivity contribution in [3.63, 3.8) is 0 Å². The Balaban J connectivity index is 2.89. The van der Waals surface area contributed by atoms with Gasteiger partial charge in [-0.15, -0.1) is 0 Å². The van der Waals surface area contributed by atoms with Crippen molar-refractivity contribution in [2.75, 3.05) is 13.1 Å². The first-order valence-corrected chi connectivity index (χ1v) is 5.40. The summed E-state index contributed by atoms with van der Waals surface area (Å²) in [5, 5.41) is 8.79. The van der Waals surface area contributed by atoms with Gasteiger partial charge in [0.2, 0.25) is 0 Å². The van der Waals surface area contributed by atoms with Crippen LogP contribution in [0.15, 0.2) is 22.9 Å². The Bertz CT molecular complexity index is 382. The van der Waals surface area contributed by atoms with E-state index in [1.165, 1.54) is 12.8 Å². The van der Waals surface area contributed by atoms with E-state index in [-0.39, 0.29) is 5.57 Å². The van der Waals surface area contributed by atoms with E-state index >= 15 is 0 Å². The van der Waals surface area contributed by atoms with Gasteiger partial charge in [0, 0.05) is 18.8 Å². The summed E-state index contributed by atoms with van der Waals surface area (Å²) in [4.78, 5) is 13.2. The van der Waals surface area contributed by atoms with E-state index in [2.05, 4.69) is 4.90 Å². The van der Waals surface area contributed by atoms with E-state index in [1.54, 1.807) is 6.92 Å². The second kappa shape index (κ2) is 5.36. The second-order valence-electron chi connectivity index (χ2n) is 4.01. The fourth-order valence-corrected chi connectivity index (χ4v) is 1.88. The molecule has 0 bridgehead atoms. The smallest absolute Gasteiger partial charge is 0.259 e. The summed E-state index contributed by atoms with van der Waals surface area (Å²) in [6.45, 7) is 5.83. The normalized spacial score (nSPS) is 18.1. The van der Waals surface area contributed by atoms with E-state index in [0.717, 1.165) is 18.8 Å². The lowest BCUT2D eigenvalue weighted by Gasteiger charge is -2.18. The van der Waals surface area contributed by atoms with Gasteiger partial charge in [0.05, 0.1) is 0 Å². The van der Waals surface area contributed by atoms with E-state index in [4.69, 9.17) is 11.0 Å². The minimum Gasteiger partial charge on any atom is -0.375 e. The third-order valence-electron chi connectivity index (χ3n) is 2.78. The lowest BCUT2D eigenvalue weighted by molar-refractivity contribution is -0.114. The molecule has 4 nitrogen and oxygen atoms in total. The first-order chi connectivity index (χ1) is 7.56. The molecule has 0 unspecified atom stereocenters. The lowest BCUT2D eigenvalue weighted by Crippen LogP contribution is -2.17. The van der Waals surface area contributed by atoms with Crippen LogP contribution in [0.4, 0.5) is 0 Å². The molecule has 1 heterocycles. The molecule has 0 saturated carbocycles. The molecule has 0 aromatic carbocycles. The molecule has 1 aliphatic rings. The van der Waals surface area contributed by atoms with Crippen LogP contribution in [0, 0.1) is 11.3 Å². The molecule has 0 aromatic rings. The average molecular weight is 219 g/mol. The van der Waals surface area contributed by atoms with Crippen molar-refractivity contribution in [2.45, 2.75) is 26.7 Å². The van der Waals surface area contributed by atoms with Gasteiger partial charge in [-0.2, -0.15) is 5.26 Å². The van der Waals surface area contributed by atoms with Crippen LogP contribution in [-0.4, -0.2) is 23.9 Å². The number of nitrogens with zero attached hydrogens (tertiary/aromatic N) is 2. The first kappa shape index (κ1) is 12.3.